The van der Waals surface area contributed by atoms with Crippen molar-refractivity contribution in [1.82, 2.24) is 0 Å². The highest BCUT2D eigenvalue weighted by Crippen LogP contribution is 2.39. The van der Waals surface area contributed by atoms with Gasteiger partial charge in [0.15, 0.2) is 0 Å². The van der Waals surface area contributed by atoms with Gasteiger partial charge in [0.1, 0.15) is 22.1 Å². The van der Waals surface area contributed by atoms with Crippen LogP contribution >= 0.6 is 11.8 Å². The number of benzene rings is 3. The summed E-state index contributed by atoms with van der Waals surface area (Å²) in [6.45, 7) is 1.97. The van der Waals surface area contributed by atoms with Crippen molar-refractivity contribution in [2.24, 2.45) is 0 Å². The summed E-state index contributed by atoms with van der Waals surface area (Å²) in [6.07, 6.45) is 0. The van der Waals surface area contributed by atoms with Crippen LogP contribution in [0.15, 0.2) is 82.2 Å². The number of carbonyl (C=O) groups is 3. The molecule has 0 unspecified atom stereocenters. The minimum absolute atomic E-state index is 0.117. The Morgan fingerprint density at radius 1 is 0.861 bits per heavy atom. The Balaban J connectivity index is 1.74. The van der Waals surface area contributed by atoms with Crippen LogP contribution in [0.3, 0.4) is 0 Å². The maximum atomic E-state index is 13.6. The third kappa shape index (κ3) is 4.92. The number of hydrogen-bond acceptors (Lipinski definition) is 8. The van der Waals surface area contributed by atoms with Gasteiger partial charge in [0.2, 0.25) is 0 Å². The second-order valence-electron chi connectivity index (χ2n) is 7.79. The zero-order valence-corrected chi connectivity index (χ0v) is 21.0. The van der Waals surface area contributed by atoms with Gasteiger partial charge in [0.25, 0.3) is 11.8 Å². The molecule has 1 aliphatic rings. The first kappa shape index (κ1) is 24.9. The van der Waals surface area contributed by atoms with Gasteiger partial charge in [0.05, 0.1) is 38.3 Å². The summed E-state index contributed by atoms with van der Waals surface area (Å²) in [5, 5.41) is 3.10. The number of rotatable bonds is 8. The number of nitrogens with zero attached hydrogens (tertiary/aromatic N) is 1. The molecule has 0 saturated carbocycles. The molecular formula is C27H24N2O6S. The average Bonchev–Trinajstić information content (AvgIpc) is 3.13. The molecule has 0 radical (unpaired) electrons. The van der Waals surface area contributed by atoms with Gasteiger partial charge < -0.3 is 19.5 Å². The normalized spacial score (nSPS) is 13.2. The minimum atomic E-state index is -0.529. The minimum Gasteiger partial charge on any atom is -0.497 e. The van der Waals surface area contributed by atoms with Crippen molar-refractivity contribution in [2.45, 2.75) is 11.8 Å². The van der Waals surface area contributed by atoms with Crippen molar-refractivity contribution in [3.05, 3.63) is 88.5 Å². The Labute approximate surface area is 212 Å². The number of aryl methyl sites for hydroxylation is 1. The monoisotopic (exact) mass is 504 g/mol. The summed E-state index contributed by atoms with van der Waals surface area (Å²) in [4.78, 5) is 41.1. The van der Waals surface area contributed by atoms with Crippen molar-refractivity contribution in [2.75, 3.05) is 31.5 Å². The summed E-state index contributed by atoms with van der Waals surface area (Å²) in [6, 6.07) is 18.9. The number of amides is 2. The van der Waals surface area contributed by atoms with E-state index in [-0.39, 0.29) is 10.6 Å². The first-order valence-corrected chi connectivity index (χ1v) is 11.7. The molecule has 2 amide bonds. The van der Waals surface area contributed by atoms with Gasteiger partial charge in [-0.1, -0.05) is 29.5 Å². The fraction of sp³-hybridized carbons (Fsp3) is 0.148. The van der Waals surface area contributed by atoms with E-state index in [0.717, 1.165) is 15.4 Å². The van der Waals surface area contributed by atoms with E-state index in [1.54, 1.807) is 25.3 Å². The molecule has 0 atom stereocenters. The summed E-state index contributed by atoms with van der Waals surface area (Å²) in [7, 11) is 4.34. The Bertz CT molecular complexity index is 1350. The molecule has 1 heterocycles. The highest BCUT2D eigenvalue weighted by molar-refractivity contribution is 8.04. The molecule has 3 aromatic carbocycles. The lowest BCUT2D eigenvalue weighted by Gasteiger charge is -2.16. The van der Waals surface area contributed by atoms with E-state index < -0.39 is 17.8 Å². The molecule has 1 N–H and O–H groups in total. The van der Waals surface area contributed by atoms with E-state index >= 15 is 0 Å². The van der Waals surface area contributed by atoms with Crippen molar-refractivity contribution in [3.8, 4) is 11.5 Å². The van der Waals surface area contributed by atoms with Gasteiger partial charge in [-0.15, -0.1) is 0 Å². The Hall–Kier alpha value is -4.24. The molecule has 0 aliphatic carbocycles. The molecule has 9 heteroatoms. The maximum Gasteiger partial charge on any atom is 0.337 e. The molecule has 3 aromatic rings. The predicted molar refractivity (Wildman–Crippen MR) is 138 cm³/mol. The predicted octanol–water partition coefficient (Wildman–Crippen LogP) is 4.79. The van der Waals surface area contributed by atoms with E-state index in [0.29, 0.717) is 28.4 Å². The molecule has 0 spiro atoms. The van der Waals surface area contributed by atoms with Crippen LogP contribution in [-0.4, -0.2) is 39.1 Å². The number of carbonyl (C=O) groups excluding carboxylic acids is 3. The van der Waals surface area contributed by atoms with Crippen LogP contribution in [0, 0.1) is 6.92 Å². The highest BCUT2D eigenvalue weighted by atomic mass is 32.2. The van der Waals surface area contributed by atoms with Crippen LogP contribution in [0.25, 0.3) is 0 Å². The number of anilines is 2. The molecule has 4 rings (SSSR count). The van der Waals surface area contributed by atoms with Gasteiger partial charge in [-0.25, -0.2) is 9.69 Å². The number of ether oxygens (including phenoxy) is 3. The second-order valence-corrected chi connectivity index (χ2v) is 8.88. The van der Waals surface area contributed by atoms with Gasteiger partial charge in [-0.05, 0) is 55.5 Å². The van der Waals surface area contributed by atoms with Crippen LogP contribution in [-0.2, 0) is 14.3 Å². The van der Waals surface area contributed by atoms with Gasteiger partial charge in [-0.2, -0.15) is 0 Å². The van der Waals surface area contributed by atoms with E-state index in [1.807, 2.05) is 31.2 Å². The average molecular weight is 505 g/mol. The molecule has 0 bridgehead atoms. The largest absolute Gasteiger partial charge is 0.497 e. The summed E-state index contributed by atoms with van der Waals surface area (Å²) < 4.78 is 15.4. The summed E-state index contributed by atoms with van der Waals surface area (Å²) in [5.41, 5.74) is 2.34. The molecule has 1 aliphatic heterocycles. The lowest BCUT2D eigenvalue weighted by molar-refractivity contribution is -0.120. The first-order valence-electron chi connectivity index (χ1n) is 10.9. The number of imide groups is 1. The van der Waals surface area contributed by atoms with E-state index in [2.05, 4.69) is 5.32 Å². The summed E-state index contributed by atoms with van der Waals surface area (Å²) in [5.74, 6) is -0.488. The van der Waals surface area contributed by atoms with Crippen molar-refractivity contribution >= 4 is 40.9 Å². The number of methoxy groups -OCH3 is 3. The zero-order chi connectivity index (χ0) is 25.8. The van der Waals surface area contributed by atoms with Crippen LogP contribution in [0.5, 0.6) is 11.5 Å². The van der Waals surface area contributed by atoms with E-state index in [4.69, 9.17) is 14.2 Å². The van der Waals surface area contributed by atoms with Gasteiger partial charge >= 0.3 is 5.97 Å². The number of hydrogen-bond donors (Lipinski definition) is 1. The van der Waals surface area contributed by atoms with Crippen molar-refractivity contribution in [3.63, 3.8) is 0 Å². The molecule has 184 valence electrons. The topological polar surface area (TPSA) is 94.2 Å². The number of esters is 1. The second kappa shape index (κ2) is 10.6. The van der Waals surface area contributed by atoms with Crippen LogP contribution in [0.2, 0.25) is 0 Å². The van der Waals surface area contributed by atoms with Crippen molar-refractivity contribution < 1.29 is 28.6 Å². The fourth-order valence-corrected chi connectivity index (χ4v) is 4.50. The quantitative estimate of drug-likeness (QED) is 0.346. The van der Waals surface area contributed by atoms with Crippen LogP contribution < -0.4 is 19.7 Å². The Kier molecular flexibility index (Phi) is 7.30. The van der Waals surface area contributed by atoms with E-state index in [9.17, 15) is 14.4 Å². The Morgan fingerprint density at radius 3 is 2.17 bits per heavy atom. The Morgan fingerprint density at radius 2 is 1.56 bits per heavy atom. The molecule has 0 saturated heterocycles. The van der Waals surface area contributed by atoms with Crippen LogP contribution in [0.4, 0.5) is 11.4 Å². The smallest absolute Gasteiger partial charge is 0.337 e. The molecule has 8 nitrogen and oxygen atoms in total. The third-order valence-electron chi connectivity index (χ3n) is 5.50. The highest BCUT2D eigenvalue weighted by Gasteiger charge is 2.40. The molecule has 0 aromatic heterocycles. The standard InChI is InChI=1S/C27H24N2O6S/c1-16-5-12-20(13-6-16)36-24-23(28-21-14-11-19(33-2)15-22(21)34-3)25(30)29(26(24)31)18-9-7-17(8-10-18)27(32)35-4/h5-15,28H,1-4H3. The molecule has 0 fully saturated rings. The lowest BCUT2D eigenvalue weighted by atomic mass is 10.2. The van der Waals surface area contributed by atoms with E-state index in [1.165, 1.54) is 50.2 Å². The van der Waals surface area contributed by atoms with Gasteiger partial charge in [0, 0.05) is 11.0 Å². The zero-order valence-electron chi connectivity index (χ0n) is 20.2. The molecule has 36 heavy (non-hydrogen) atoms. The maximum absolute atomic E-state index is 13.6. The summed E-state index contributed by atoms with van der Waals surface area (Å²) >= 11 is 1.20. The van der Waals surface area contributed by atoms with Crippen molar-refractivity contribution in [1.29, 1.82) is 0 Å². The first-order chi connectivity index (χ1) is 17.4. The molecular weight excluding hydrogens is 480 g/mol. The third-order valence-corrected chi connectivity index (χ3v) is 6.59. The SMILES string of the molecule is COC(=O)c1ccc(N2C(=O)C(Nc3ccc(OC)cc3OC)=C(Sc3ccc(C)cc3)C2=O)cc1. The fourth-order valence-electron chi connectivity index (χ4n) is 3.57. The van der Waals surface area contributed by atoms with Crippen LogP contribution in [0.1, 0.15) is 15.9 Å². The number of nitrogens with one attached hydrogen (secondary N) is 1. The number of thioether (sulfide) groups is 1. The van der Waals surface area contributed by atoms with Gasteiger partial charge in [-0.3, -0.25) is 9.59 Å². The lowest BCUT2D eigenvalue weighted by Crippen LogP contribution is -2.32.